The molecule has 0 unspecified atom stereocenters. The molecule has 0 aliphatic rings. The molecule has 2 aromatic carbocycles. The van der Waals surface area contributed by atoms with Crippen molar-refractivity contribution >= 4 is 5.91 Å². The maximum atomic E-state index is 13.3. The van der Waals surface area contributed by atoms with Crippen LogP contribution in [0.25, 0.3) is 0 Å². The highest BCUT2D eigenvalue weighted by Gasteiger charge is 2.05. The van der Waals surface area contributed by atoms with Crippen molar-refractivity contribution in [3.63, 3.8) is 0 Å². The highest BCUT2D eigenvalue weighted by molar-refractivity contribution is 5.76. The number of hydrogen-bond donors (Lipinski definition) is 1. The minimum Gasteiger partial charge on any atom is -0.493 e. The lowest BCUT2D eigenvalue weighted by atomic mass is 10.2. The van der Waals surface area contributed by atoms with E-state index in [2.05, 4.69) is 5.32 Å². The van der Waals surface area contributed by atoms with Crippen molar-refractivity contribution in [1.82, 2.24) is 5.32 Å². The number of rotatable bonds is 6. The molecule has 5 heteroatoms. The molecule has 2 aromatic rings. The topological polar surface area (TPSA) is 38.3 Å². The smallest absolute Gasteiger partial charge is 0.223 e. The van der Waals surface area contributed by atoms with Crippen LogP contribution in [0, 0.1) is 11.6 Å². The second-order valence-electron chi connectivity index (χ2n) is 4.42. The molecule has 0 fully saturated rings. The van der Waals surface area contributed by atoms with Crippen LogP contribution in [0.2, 0.25) is 0 Å². The fourth-order valence-corrected chi connectivity index (χ4v) is 1.72. The third-order valence-electron chi connectivity index (χ3n) is 2.85. The Balaban J connectivity index is 1.70. The summed E-state index contributed by atoms with van der Waals surface area (Å²) in [5, 5.41) is 2.62. The van der Waals surface area contributed by atoms with E-state index in [9.17, 15) is 13.6 Å². The summed E-state index contributed by atoms with van der Waals surface area (Å²) >= 11 is 0. The van der Waals surface area contributed by atoms with Gasteiger partial charge in [-0.05, 0) is 30.3 Å². The summed E-state index contributed by atoms with van der Waals surface area (Å²) in [6, 6.07) is 11.8. The molecule has 0 radical (unpaired) electrons. The number of hydrogen-bond acceptors (Lipinski definition) is 2. The van der Waals surface area contributed by atoms with Gasteiger partial charge in [-0.3, -0.25) is 4.79 Å². The first-order valence-corrected chi connectivity index (χ1v) is 6.53. The highest BCUT2D eigenvalue weighted by atomic mass is 19.1. The fourth-order valence-electron chi connectivity index (χ4n) is 1.72. The normalized spacial score (nSPS) is 10.2. The molecule has 0 heterocycles. The quantitative estimate of drug-likeness (QED) is 0.888. The Bertz CT molecular complexity index is 599. The molecule has 2 rings (SSSR count). The van der Waals surface area contributed by atoms with Crippen LogP contribution in [0.15, 0.2) is 48.5 Å². The molecular weight excluding hydrogens is 276 g/mol. The van der Waals surface area contributed by atoms with Gasteiger partial charge in [0.1, 0.15) is 17.4 Å². The standard InChI is InChI=1S/C16H15F2NO2/c17-13-5-7-14(8-6-13)21-10-9-16(20)19-11-12-3-1-2-4-15(12)18/h1-8H,9-11H2,(H,19,20). The lowest BCUT2D eigenvalue weighted by Crippen LogP contribution is -2.24. The maximum Gasteiger partial charge on any atom is 0.223 e. The largest absolute Gasteiger partial charge is 0.493 e. The van der Waals surface area contributed by atoms with E-state index in [4.69, 9.17) is 4.74 Å². The molecule has 3 nitrogen and oxygen atoms in total. The van der Waals surface area contributed by atoms with Gasteiger partial charge in [0.2, 0.25) is 5.91 Å². The Morgan fingerprint density at radius 3 is 2.48 bits per heavy atom. The van der Waals surface area contributed by atoms with Crippen molar-refractivity contribution in [1.29, 1.82) is 0 Å². The summed E-state index contributed by atoms with van der Waals surface area (Å²) in [5.41, 5.74) is 0.435. The second-order valence-corrected chi connectivity index (χ2v) is 4.42. The van der Waals surface area contributed by atoms with E-state index in [-0.39, 0.29) is 37.1 Å². The first-order valence-electron chi connectivity index (χ1n) is 6.53. The van der Waals surface area contributed by atoms with Crippen LogP contribution in [0.4, 0.5) is 8.78 Å². The average Bonchev–Trinajstić information content (AvgIpc) is 2.48. The molecule has 0 saturated heterocycles. The summed E-state index contributed by atoms with van der Waals surface area (Å²) < 4.78 is 31.3. The number of carbonyl (C=O) groups is 1. The van der Waals surface area contributed by atoms with Gasteiger partial charge in [0, 0.05) is 12.1 Å². The van der Waals surface area contributed by atoms with Crippen LogP contribution in [-0.2, 0) is 11.3 Å². The molecule has 1 amide bonds. The molecule has 21 heavy (non-hydrogen) atoms. The zero-order valence-corrected chi connectivity index (χ0v) is 11.3. The number of halogens is 2. The van der Waals surface area contributed by atoms with Crippen LogP contribution in [0.3, 0.4) is 0 Å². The Morgan fingerprint density at radius 1 is 1.05 bits per heavy atom. The Labute approximate surface area is 121 Å². The predicted octanol–water partition coefficient (Wildman–Crippen LogP) is 3.05. The predicted molar refractivity (Wildman–Crippen MR) is 74.8 cm³/mol. The van der Waals surface area contributed by atoms with E-state index in [1.807, 2.05) is 0 Å². The zero-order valence-electron chi connectivity index (χ0n) is 11.3. The molecule has 0 bridgehead atoms. The van der Waals surface area contributed by atoms with Crippen molar-refractivity contribution in [2.24, 2.45) is 0 Å². The van der Waals surface area contributed by atoms with E-state index in [0.717, 1.165) is 0 Å². The van der Waals surface area contributed by atoms with Gasteiger partial charge in [-0.1, -0.05) is 18.2 Å². The summed E-state index contributed by atoms with van der Waals surface area (Å²) in [5.74, 6) is -0.427. The number of benzene rings is 2. The van der Waals surface area contributed by atoms with Crippen molar-refractivity contribution in [2.45, 2.75) is 13.0 Å². The first kappa shape index (κ1) is 15.0. The molecule has 110 valence electrons. The van der Waals surface area contributed by atoms with E-state index >= 15 is 0 Å². The molecule has 0 aliphatic carbocycles. The van der Waals surface area contributed by atoms with Gasteiger partial charge < -0.3 is 10.1 Å². The fraction of sp³-hybridized carbons (Fsp3) is 0.188. The summed E-state index contributed by atoms with van der Waals surface area (Å²) in [7, 11) is 0. The number of carbonyl (C=O) groups excluding carboxylic acids is 1. The van der Waals surface area contributed by atoms with Gasteiger partial charge >= 0.3 is 0 Å². The third-order valence-corrected chi connectivity index (χ3v) is 2.85. The number of nitrogens with one attached hydrogen (secondary N) is 1. The minimum absolute atomic E-state index is 0.141. The molecule has 0 aliphatic heterocycles. The molecule has 1 N–H and O–H groups in total. The lowest BCUT2D eigenvalue weighted by Gasteiger charge is -2.08. The van der Waals surface area contributed by atoms with E-state index in [1.165, 1.54) is 30.3 Å². The molecule has 0 saturated carbocycles. The van der Waals surface area contributed by atoms with Gasteiger partial charge in [-0.15, -0.1) is 0 Å². The maximum absolute atomic E-state index is 13.3. The average molecular weight is 291 g/mol. The highest BCUT2D eigenvalue weighted by Crippen LogP contribution is 2.11. The van der Waals surface area contributed by atoms with Gasteiger partial charge in [0.05, 0.1) is 13.0 Å². The number of amides is 1. The van der Waals surface area contributed by atoms with E-state index < -0.39 is 0 Å². The van der Waals surface area contributed by atoms with Crippen LogP contribution >= 0.6 is 0 Å². The molecular formula is C16H15F2NO2. The van der Waals surface area contributed by atoms with Crippen LogP contribution in [0.1, 0.15) is 12.0 Å². The van der Waals surface area contributed by atoms with Crippen LogP contribution in [-0.4, -0.2) is 12.5 Å². The van der Waals surface area contributed by atoms with Crippen LogP contribution in [0.5, 0.6) is 5.75 Å². The SMILES string of the molecule is O=C(CCOc1ccc(F)cc1)NCc1ccccc1F. The van der Waals surface area contributed by atoms with E-state index in [1.54, 1.807) is 18.2 Å². The van der Waals surface area contributed by atoms with Gasteiger partial charge in [0.25, 0.3) is 0 Å². The van der Waals surface area contributed by atoms with Gasteiger partial charge in [-0.2, -0.15) is 0 Å². The van der Waals surface area contributed by atoms with E-state index in [0.29, 0.717) is 11.3 Å². The van der Waals surface area contributed by atoms with Crippen molar-refractivity contribution < 1.29 is 18.3 Å². The zero-order chi connectivity index (χ0) is 15.1. The van der Waals surface area contributed by atoms with Crippen LogP contribution < -0.4 is 10.1 Å². The third kappa shape index (κ3) is 4.87. The lowest BCUT2D eigenvalue weighted by molar-refractivity contribution is -0.121. The van der Waals surface area contributed by atoms with Gasteiger partial charge in [0.15, 0.2) is 0 Å². The summed E-state index contributed by atoms with van der Waals surface area (Å²) in [4.78, 5) is 11.6. The number of ether oxygens (including phenoxy) is 1. The summed E-state index contributed by atoms with van der Waals surface area (Å²) in [6.45, 7) is 0.316. The van der Waals surface area contributed by atoms with Gasteiger partial charge in [-0.25, -0.2) is 8.78 Å². The first-order chi connectivity index (χ1) is 10.1. The molecule has 0 aromatic heterocycles. The Hall–Kier alpha value is -2.43. The monoisotopic (exact) mass is 291 g/mol. The molecule has 0 spiro atoms. The van der Waals surface area contributed by atoms with Crippen molar-refractivity contribution in [3.8, 4) is 5.75 Å². The van der Waals surface area contributed by atoms with Crippen molar-refractivity contribution in [2.75, 3.05) is 6.61 Å². The Kier molecular flexibility index (Phi) is 5.26. The minimum atomic E-state index is -0.347. The second kappa shape index (κ2) is 7.38. The summed E-state index contributed by atoms with van der Waals surface area (Å²) in [6.07, 6.45) is 0.145. The van der Waals surface area contributed by atoms with Crippen molar-refractivity contribution in [3.05, 3.63) is 65.7 Å². The Morgan fingerprint density at radius 2 is 1.76 bits per heavy atom. The molecule has 0 atom stereocenters.